The van der Waals surface area contributed by atoms with Crippen LogP contribution in [0.15, 0.2) is 6.07 Å². The Balaban J connectivity index is 2.19. The van der Waals surface area contributed by atoms with Gasteiger partial charge in [-0.25, -0.2) is 0 Å². The minimum atomic E-state index is 0.135. The van der Waals surface area contributed by atoms with Crippen LogP contribution in [0.2, 0.25) is 0 Å². The van der Waals surface area contributed by atoms with E-state index in [-0.39, 0.29) is 6.04 Å². The number of nitrogens with one attached hydrogen (secondary N) is 1. The van der Waals surface area contributed by atoms with Crippen molar-refractivity contribution in [3.8, 4) is 12.3 Å². The van der Waals surface area contributed by atoms with E-state index >= 15 is 0 Å². The Morgan fingerprint density at radius 3 is 3.14 bits per heavy atom. The van der Waals surface area contributed by atoms with Crippen molar-refractivity contribution in [2.24, 2.45) is 5.84 Å². The molecule has 2 rings (SSSR count). The Bertz CT molecular complexity index is 340. The van der Waals surface area contributed by atoms with Crippen molar-refractivity contribution in [3.63, 3.8) is 0 Å². The van der Waals surface area contributed by atoms with Crippen LogP contribution in [-0.4, -0.2) is 0 Å². The molecule has 1 aliphatic carbocycles. The summed E-state index contributed by atoms with van der Waals surface area (Å²) in [5, 5.41) is 0. The fourth-order valence-electron chi connectivity index (χ4n) is 1.88. The number of aryl methyl sites for hydroxylation is 2. The molecule has 1 aliphatic rings. The first-order valence-electron chi connectivity index (χ1n) is 4.86. The molecule has 1 aromatic heterocycles. The fourth-order valence-corrected chi connectivity index (χ4v) is 3.20. The van der Waals surface area contributed by atoms with Gasteiger partial charge >= 0.3 is 0 Å². The summed E-state index contributed by atoms with van der Waals surface area (Å²) in [6.45, 7) is 0. The summed E-state index contributed by atoms with van der Waals surface area (Å²) in [7, 11) is 0. The van der Waals surface area contributed by atoms with Crippen molar-refractivity contribution in [3.05, 3.63) is 21.4 Å². The summed E-state index contributed by atoms with van der Waals surface area (Å²) in [4.78, 5) is 2.81. The van der Waals surface area contributed by atoms with Crippen LogP contribution in [0.3, 0.4) is 0 Å². The van der Waals surface area contributed by atoms with Crippen LogP contribution in [0.4, 0.5) is 0 Å². The highest BCUT2D eigenvalue weighted by atomic mass is 32.1. The molecule has 1 unspecified atom stereocenters. The van der Waals surface area contributed by atoms with Gasteiger partial charge in [0.2, 0.25) is 0 Å². The molecular formula is C11H14N2S. The number of hydrogen-bond acceptors (Lipinski definition) is 3. The highest BCUT2D eigenvalue weighted by molar-refractivity contribution is 7.12. The molecule has 0 aliphatic heterocycles. The third-order valence-corrected chi connectivity index (χ3v) is 3.98. The van der Waals surface area contributed by atoms with E-state index in [0.717, 1.165) is 0 Å². The standard InChI is InChI=1S/C11H14N2S/c1-2-4-9(13-12)11-7-8-5-3-6-10(8)14-11/h1,7,9,13H,3-6,12H2. The van der Waals surface area contributed by atoms with Crippen LogP contribution >= 0.6 is 11.3 Å². The molecule has 14 heavy (non-hydrogen) atoms. The van der Waals surface area contributed by atoms with Crippen LogP contribution < -0.4 is 11.3 Å². The van der Waals surface area contributed by atoms with E-state index in [0.29, 0.717) is 6.42 Å². The molecular weight excluding hydrogens is 192 g/mol. The van der Waals surface area contributed by atoms with Crippen LogP contribution in [0.25, 0.3) is 0 Å². The second-order valence-electron chi connectivity index (χ2n) is 3.58. The molecule has 1 heterocycles. The summed E-state index contributed by atoms with van der Waals surface area (Å²) < 4.78 is 0. The Labute approximate surface area is 88.5 Å². The number of hydrogen-bond donors (Lipinski definition) is 2. The maximum Gasteiger partial charge on any atom is 0.0662 e. The predicted octanol–water partition coefficient (Wildman–Crippen LogP) is 1.76. The molecule has 0 amide bonds. The van der Waals surface area contributed by atoms with E-state index in [1.807, 2.05) is 11.3 Å². The van der Waals surface area contributed by atoms with Gasteiger partial charge < -0.3 is 0 Å². The van der Waals surface area contributed by atoms with Gasteiger partial charge in [-0.3, -0.25) is 11.3 Å². The number of rotatable bonds is 3. The molecule has 0 aromatic carbocycles. The van der Waals surface area contributed by atoms with Crippen molar-refractivity contribution < 1.29 is 0 Å². The number of thiophene rings is 1. The molecule has 3 N–H and O–H groups in total. The van der Waals surface area contributed by atoms with Gasteiger partial charge in [0.15, 0.2) is 0 Å². The molecule has 2 nitrogen and oxygen atoms in total. The lowest BCUT2D eigenvalue weighted by Gasteiger charge is -2.09. The maximum atomic E-state index is 5.47. The lowest BCUT2D eigenvalue weighted by atomic mass is 10.1. The summed E-state index contributed by atoms with van der Waals surface area (Å²) in [5.74, 6) is 8.12. The van der Waals surface area contributed by atoms with Gasteiger partial charge in [0, 0.05) is 16.2 Å². The zero-order valence-corrected chi connectivity index (χ0v) is 8.86. The molecule has 0 spiro atoms. The SMILES string of the molecule is C#CCC(NN)c1cc2c(s1)CCC2. The van der Waals surface area contributed by atoms with Gasteiger partial charge in [-0.05, 0) is 30.9 Å². The minimum absolute atomic E-state index is 0.135. The first-order chi connectivity index (χ1) is 6.85. The van der Waals surface area contributed by atoms with Crippen LogP contribution in [0, 0.1) is 12.3 Å². The van der Waals surface area contributed by atoms with E-state index in [2.05, 4.69) is 17.4 Å². The van der Waals surface area contributed by atoms with E-state index in [1.165, 1.54) is 34.6 Å². The average Bonchev–Trinajstić information content (AvgIpc) is 2.73. The normalized spacial score (nSPS) is 16.3. The van der Waals surface area contributed by atoms with Gasteiger partial charge in [0.1, 0.15) is 0 Å². The van der Waals surface area contributed by atoms with Crippen LogP contribution in [0.5, 0.6) is 0 Å². The first-order valence-corrected chi connectivity index (χ1v) is 5.68. The molecule has 1 atom stereocenters. The minimum Gasteiger partial charge on any atom is -0.271 e. The fraction of sp³-hybridized carbons (Fsp3) is 0.455. The highest BCUT2D eigenvalue weighted by Gasteiger charge is 2.18. The predicted molar refractivity (Wildman–Crippen MR) is 59.9 cm³/mol. The Kier molecular flexibility index (Phi) is 2.87. The molecule has 0 saturated carbocycles. The Morgan fingerprint density at radius 1 is 1.64 bits per heavy atom. The van der Waals surface area contributed by atoms with E-state index in [1.54, 1.807) is 0 Å². The molecule has 74 valence electrons. The molecule has 0 fully saturated rings. The lowest BCUT2D eigenvalue weighted by molar-refractivity contribution is 0.577. The quantitative estimate of drug-likeness (QED) is 0.449. The number of nitrogens with two attached hydrogens (primary N) is 1. The van der Waals surface area contributed by atoms with Crippen molar-refractivity contribution in [1.82, 2.24) is 5.43 Å². The summed E-state index contributed by atoms with van der Waals surface area (Å²) in [6.07, 6.45) is 9.71. The molecule has 0 radical (unpaired) electrons. The second-order valence-corrected chi connectivity index (χ2v) is 4.75. The van der Waals surface area contributed by atoms with Crippen molar-refractivity contribution >= 4 is 11.3 Å². The van der Waals surface area contributed by atoms with E-state index in [4.69, 9.17) is 12.3 Å². The van der Waals surface area contributed by atoms with Crippen molar-refractivity contribution in [1.29, 1.82) is 0 Å². The smallest absolute Gasteiger partial charge is 0.0662 e. The third-order valence-electron chi connectivity index (χ3n) is 2.63. The van der Waals surface area contributed by atoms with E-state index in [9.17, 15) is 0 Å². The number of fused-ring (bicyclic) bond motifs is 1. The summed E-state index contributed by atoms with van der Waals surface area (Å²) in [6, 6.07) is 2.39. The van der Waals surface area contributed by atoms with Crippen LogP contribution in [0.1, 0.15) is 34.2 Å². The topological polar surface area (TPSA) is 38.0 Å². The molecule has 0 saturated heterocycles. The van der Waals surface area contributed by atoms with Gasteiger partial charge in [0.05, 0.1) is 6.04 Å². The number of terminal acetylenes is 1. The van der Waals surface area contributed by atoms with Crippen molar-refractivity contribution in [2.45, 2.75) is 31.7 Å². The van der Waals surface area contributed by atoms with Gasteiger partial charge in [-0.2, -0.15) is 0 Å². The summed E-state index contributed by atoms with van der Waals surface area (Å²) >= 11 is 1.86. The summed E-state index contributed by atoms with van der Waals surface area (Å²) in [5.41, 5.74) is 4.28. The average molecular weight is 206 g/mol. The number of hydrazine groups is 1. The Hall–Kier alpha value is -0.820. The largest absolute Gasteiger partial charge is 0.271 e. The van der Waals surface area contributed by atoms with E-state index < -0.39 is 0 Å². The lowest BCUT2D eigenvalue weighted by Crippen LogP contribution is -2.27. The van der Waals surface area contributed by atoms with Gasteiger partial charge in [-0.15, -0.1) is 23.7 Å². The maximum absolute atomic E-state index is 5.47. The van der Waals surface area contributed by atoms with Crippen molar-refractivity contribution in [2.75, 3.05) is 0 Å². The van der Waals surface area contributed by atoms with Gasteiger partial charge in [0.25, 0.3) is 0 Å². The Morgan fingerprint density at radius 2 is 2.50 bits per heavy atom. The van der Waals surface area contributed by atoms with Crippen LogP contribution in [-0.2, 0) is 12.8 Å². The highest BCUT2D eigenvalue weighted by Crippen LogP contribution is 2.34. The molecule has 3 heteroatoms. The zero-order chi connectivity index (χ0) is 9.97. The third kappa shape index (κ3) is 1.69. The monoisotopic (exact) mass is 206 g/mol. The van der Waals surface area contributed by atoms with Gasteiger partial charge in [-0.1, -0.05) is 0 Å². The first kappa shape index (κ1) is 9.72. The second kappa shape index (κ2) is 4.14. The molecule has 0 bridgehead atoms. The molecule has 1 aromatic rings. The zero-order valence-electron chi connectivity index (χ0n) is 8.05.